The van der Waals surface area contributed by atoms with Gasteiger partial charge in [-0.2, -0.15) is 0 Å². The molecule has 1 saturated heterocycles. The largest absolute Gasteiger partial charge is 0.359 e. The van der Waals surface area contributed by atoms with E-state index in [4.69, 9.17) is 0 Å². The maximum absolute atomic E-state index is 12.2. The summed E-state index contributed by atoms with van der Waals surface area (Å²) in [5, 5.41) is 11.0. The number of nitro benzene ring substituents is 1. The molecule has 0 atom stereocenters. The van der Waals surface area contributed by atoms with Gasteiger partial charge in [0.1, 0.15) is 0 Å². The molecule has 0 radical (unpaired) electrons. The van der Waals surface area contributed by atoms with E-state index in [9.17, 15) is 14.9 Å². The number of hydrogen-bond acceptors (Lipinski definition) is 5. The van der Waals surface area contributed by atoms with Crippen LogP contribution in [0.2, 0.25) is 0 Å². The van der Waals surface area contributed by atoms with E-state index in [2.05, 4.69) is 4.90 Å². The summed E-state index contributed by atoms with van der Waals surface area (Å²) < 4.78 is 0. The van der Waals surface area contributed by atoms with Crippen molar-refractivity contribution in [1.82, 2.24) is 4.90 Å². The topological polar surface area (TPSA) is 69.9 Å². The summed E-state index contributed by atoms with van der Waals surface area (Å²) in [5.74, 6) is -0.0309. The number of piperidine rings is 1. The number of carbonyl (C=O) groups excluding carboxylic acids is 1. The van der Waals surface area contributed by atoms with Gasteiger partial charge in [-0.25, -0.2) is 0 Å². The number of fused-ring (bicyclic) bond motifs is 1. The number of likely N-dealkylation sites (N-methyl/N-ethyl adjacent to an activating group) is 1. The van der Waals surface area contributed by atoms with Crippen LogP contribution >= 0.6 is 0 Å². The van der Waals surface area contributed by atoms with Crippen molar-refractivity contribution in [1.29, 1.82) is 0 Å². The molecule has 2 aliphatic heterocycles. The molecule has 3 rings (SSSR count). The van der Waals surface area contributed by atoms with Crippen LogP contribution in [0.1, 0.15) is 19.3 Å². The van der Waals surface area contributed by atoms with Crippen molar-refractivity contribution in [3.05, 3.63) is 28.3 Å². The molecule has 0 spiro atoms. The van der Waals surface area contributed by atoms with Crippen molar-refractivity contribution in [2.45, 2.75) is 19.3 Å². The zero-order valence-electron chi connectivity index (χ0n) is 13.4. The quantitative estimate of drug-likeness (QED) is 0.626. The molecule has 0 aromatic heterocycles. The van der Waals surface area contributed by atoms with Crippen molar-refractivity contribution < 1.29 is 9.72 Å². The van der Waals surface area contributed by atoms with Crippen LogP contribution in [0.5, 0.6) is 0 Å². The van der Waals surface area contributed by atoms with Crippen LogP contribution in [-0.2, 0) is 4.79 Å². The maximum atomic E-state index is 12.2. The Balaban J connectivity index is 1.78. The fourth-order valence-electron chi connectivity index (χ4n) is 3.29. The zero-order valence-corrected chi connectivity index (χ0v) is 13.4. The van der Waals surface area contributed by atoms with Gasteiger partial charge in [0, 0.05) is 32.3 Å². The molecule has 7 heteroatoms. The Hall–Kier alpha value is -2.15. The maximum Gasteiger partial charge on any atom is 0.271 e. The number of amides is 1. The Morgan fingerprint density at radius 1 is 1.13 bits per heavy atom. The standard InChI is InChI=1S/C16H22N4O3/c1-17-15-11-13(20(22)23)5-6-14(15)19(12-16(17)21)10-9-18-7-3-2-4-8-18/h5-6,11H,2-4,7-10,12H2,1H3. The molecule has 23 heavy (non-hydrogen) atoms. The first-order valence-electron chi connectivity index (χ1n) is 8.08. The van der Waals surface area contributed by atoms with E-state index in [1.165, 1.54) is 36.3 Å². The third kappa shape index (κ3) is 3.29. The first-order chi connectivity index (χ1) is 11.1. The number of hydrogen-bond donors (Lipinski definition) is 0. The van der Waals surface area contributed by atoms with Gasteiger partial charge in [0.2, 0.25) is 5.91 Å². The number of non-ortho nitro benzene ring substituents is 1. The molecule has 2 aliphatic rings. The number of rotatable bonds is 4. The number of benzene rings is 1. The number of anilines is 2. The van der Waals surface area contributed by atoms with Crippen LogP contribution in [0.4, 0.5) is 17.1 Å². The predicted molar refractivity (Wildman–Crippen MR) is 89.0 cm³/mol. The monoisotopic (exact) mass is 318 g/mol. The van der Waals surface area contributed by atoms with Crippen LogP contribution < -0.4 is 9.80 Å². The Labute approximate surface area is 135 Å². The predicted octanol–water partition coefficient (Wildman–Crippen LogP) is 1.86. The van der Waals surface area contributed by atoms with Gasteiger partial charge in [-0.3, -0.25) is 14.9 Å². The fraction of sp³-hybridized carbons (Fsp3) is 0.562. The van der Waals surface area contributed by atoms with Gasteiger partial charge in [-0.05, 0) is 32.0 Å². The van der Waals surface area contributed by atoms with Gasteiger partial charge in [-0.15, -0.1) is 0 Å². The highest BCUT2D eigenvalue weighted by Crippen LogP contribution is 2.35. The van der Waals surface area contributed by atoms with E-state index in [1.54, 1.807) is 13.1 Å². The summed E-state index contributed by atoms with van der Waals surface area (Å²) in [6.45, 7) is 4.26. The summed E-state index contributed by atoms with van der Waals surface area (Å²) >= 11 is 0. The minimum absolute atomic E-state index is 0.0151. The highest BCUT2D eigenvalue weighted by atomic mass is 16.6. The van der Waals surface area contributed by atoms with Gasteiger partial charge in [0.05, 0.1) is 22.8 Å². The summed E-state index contributed by atoms with van der Waals surface area (Å²) in [5.41, 5.74) is 1.53. The molecule has 0 bridgehead atoms. The van der Waals surface area contributed by atoms with Gasteiger partial charge in [-0.1, -0.05) is 6.42 Å². The molecule has 1 amide bonds. The Morgan fingerprint density at radius 2 is 1.87 bits per heavy atom. The number of likely N-dealkylation sites (tertiary alicyclic amines) is 1. The molecule has 0 unspecified atom stereocenters. The van der Waals surface area contributed by atoms with E-state index in [0.29, 0.717) is 12.2 Å². The number of carbonyl (C=O) groups is 1. The zero-order chi connectivity index (χ0) is 16.4. The molecule has 1 aromatic carbocycles. The molecule has 0 aliphatic carbocycles. The fourth-order valence-corrected chi connectivity index (χ4v) is 3.29. The molecule has 7 nitrogen and oxygen atoms in total. The summed E-state index contributed by atoms with van der Waals surface area (Å²) in [4.78, 5) is 28.7. The second-order valence-electron chi connectivity index (χ2n) is 6.21. The van der Waals surface area contributed by atoms with Crippen molar-refractivity contribution >= 4 is 23.0 Å². The lowest BCUT2D eigenvalue weighted by molar-refractivity contribution is -0.384. The SMILES string of the molecule is CN1C(=O)CN(CCN2CCCCC2)c2ccc([N+](=O)[O-])cc21. The van der Waals surface area contributed by atoms with Crippen molar-refractivity contribution in [3.8, 4) is 0 Å². The summed E-state index contributed by atoms with van der Waals surface area (Å²) in [6, 6.07) is 4.75. The van der Waals surface area contributed by atoms with Crippen LogP contribution in [0.3, 0.4) is 0 Å². The molecule has 0 N–H and O–H groups in total. The normalized spacial score (nSPS) is 18.9. The smallest absolute Gasteiger partial charge is 0.271 e. The van der Waals surface area contributed by atoms with Crippen LogP contribution in [0.15, 0.2) is 18.2 Å². The molecule has 2 heterocycles. The van der Waals surface area contributed by atoms with E-state index < -0.39 is 4.92 Å². The van der Waals surface area contributed by atoms with Gasteiger partial charge in [0.25, 0.3) is 5.69 Å². The lowest BCUT2D eigenvalue weighted by atomic mass is 10.1. The molecule has 1 fully saturated rings. The Bertz CT molecular complexity index is 613. The third-order valence-corrected chi connectivity index (χ3v) is 4.71. The lowest BCUT2D eigenvalue weighted by Crippen LogP contribution is -2.47. The summed E-state index contributed by atoms with van der Waals surface area (Å²) in [6.07, 6.45) is 3.78. The first kappa shape index (κ1) is 15.7. The van der Waals surface area contributed by atoms with Gasteiger partial charge >= 0.3 is 0 Å². The minimum Gasteiger partial charge on any atom is -0.359 e. The second kappa shape index (κ2) is 6.54. The highest BCUT2D eigenvalue weighted by molar-refractivity contribution is 6.03. The van der Waals surface area contributed by atoms with Gasteiger partial charge in [0.15, 0.2) is 0 Å². The van der Waals surface area contributed by atoms with Gasteiger partial charge < -0.3 is 14.7 Å². The number of nitro groups is 1. The first-order valence-corrected chi connectivity index (χ1v) is 8.08. The average Bonchev–Trinajstić information content (AvgIpc) is 2.57. The van der Waals surface area contributed by atoms with Crippen LogP contribution in [-0.4, -0.2) is 55.5 Å². The highest BCUT2D eigenvalue weighted by Gasteiger charge is 2.28. The Morgan fingerprint density at radius 3 is 2.57 bits per heavy atom. The molecular weight excluding hydrogens is 296 g/mol. The van der Waals surface area contributed by atoms with E-state index in [1.807, 2.05) is 4.90 Å². The van der Waals surface area contributed by atoms with Crippen molar-refractivity contribution in [2.75, 3.05) is 49.6 Å². The molecule has 124 valence electrons. The van der Waals surface area contributed by atoms with Crippen LogP contribution in [0, 0.1) is 10.1 Å². The van der Waals surface area contributed by atoms with Crippen molar-refractivity contribution in [3.63, 3.8) is 0 Å². The van der Waals surface area contributed by atoms with E-state index in [0.717, 1.165) is 31.9 Å². The second-order valence-corrected chi connectivity index (χ2v) is 6.21. The third-order valence-electron chi connectivity index (χ3n) is 4.71. The lowest BCUT2D eigenvalue weighted by Gasteiger charge is -2.37. The molecule has 1 aromatic rings. The molecule has 0 saturated carbocycles. The average molecular weight is 318 g/mol. The number of nitrogens with zero attached hydrogens (tertiary/aromatic N) is 4. The summed E-state index contributed by atoms with van der Waals surface area (Å²) in [7, 11) is 1.67. The van der Waals surface area contributed by atoms with E-state index >= 15 is 0 Å². The van der Waals surface area contributed by atoms with Crippen LogP contribution in [0.25, 0.3) is 0 Å². The minimum atomic E-state index is -0.425. The van der Waals surface area contributed by atoms with Crippen molar-refractivity contribution in [2.24, 2.45) is 0 Å². The molecular formula is C16H22N4O3. The Kier molecular flexibility index (Phi) is 4.47. The van der Waals surface area contributed by atoms with E-state index in [-0.39, 0.29) is 11.6 Å².